The van der Waals surface area contributed by atoms with Crippen molar-refractivity contribution in [3.05, 3.63) is 29.8 Å². The van der Waals surface area contributed by atoms with E-state index in [1.54, 1.807) is 4.80 Å². The van der Waals surface area contributed by atoms with Crippen LogP contribution in [0.4, 0.5) is 0 Å². The first-order chi connectivity index (χ1) is 10.7. The van der Waals surface area contributed by atoms with Crippen molar-refractivity contribution in [2.24, 2.45) is 5.92 Å². The Morgan fingerprint density at radius 1 is 1.32 bits per heavy atom. The van der Waals surface area contributed by atoms with Gasteiger partial charge in [0.25, 0.3) is 0 Å². The molecule has 0 bridgehead atoms. The third kappa shape index (κ3) is 2.99. The van der Waals surface area contributed by atoms with E-state index in [4.69, 9.17) is 4.74 Å². The van der Waals surface area contributed by atoms with Gasteiger partial charge in [-0.1, -0.05) is 24.3 Å². The van der Waals surface area contributed by atoms with E-state index in [0.717, 1.165) is 25.2 Å². The van der Waals surface area contributed by atoms with Crippen LogP contribution in [0.3, 0.4) is 0 Å². The molecule has 1 aromatic heterocycles. The number of likely N-dealkylation sites (tertiary alicyclic amines) is 1. The molecule has 1 aliphatic rings. The molecule has 0 radical (unpaired) electrons. The number of tetrazole rings is 1. The van der Waals surface area contributed by atoms with E-state index in [1.165, 1.54) is 12.7 Å². The molecule has 7 heteroatoms. The number of methoxy groups -OCH3 is 1. The number of benzene rings is 1. The Labute approximate surface area is 128 Å². The number of carbonyl (C=O) groups excluding carboxylic acids is 1. The molecule has 22 heavy (non-hydrogen) atoms. The minimum atomic E-state index is -0.114. The molecule has 0 N–H and O–H groups in total. The topological polar surface area (TPSA) is 73.1 Å². The Kier molecular flexibility index (Phi) is 4.15. The van der Waals surface area contributed by atoms with Gasteiger partial charge in [0, 0.05) is 25.2 Å². The number of nitrogens with zero attached hydrogens (tertiary/aromatic N) is 5. The number of rotatable bonds is 5. The van der Waals surface area contributed by atoms with Crippen molar-refractivity contribution in [1.82, 2.24) is 25.1 Å². The number of aryl methyl sites for hydroxylation is 1. The largest absolute Gasteiger partial charge is 0.469 e. The molecule has 1 aliphatic heterocycles. The second-order valence-corrected chi connectivity index (χ2v) is 5.41. The molecular formula is C15H19N5O2. The zero-order valence-electron chi connectivity index (χ0n) is 12.8. The summed E-state index contributed by atoms with van der Waals surface area (Å²) in [6.45, 7) is 5.05. The smallest absolute Gasteiger partial charge is 0.311 e. The normalized spacial score (nSPS) is 15.5. The first kappa shape index (κ1) is 14.6. The molecule has 116 valence electrons. The standard InChI is InChI=1S/C15H19N5O2/c1-3-20-17-14(16-18-20)12-6-4-11(5-7-12)8-19-9-13(10-19)15(21)22-2/h4-7,13H,3,8-10H2,1-2H3. The predicted octanol–water partition coefficient (Wildman–Crippen LogP) is 0.965. The van der Waals surface area contributed by atoms with Gasteiger partial charge in [0.05, 0.1) is 19.6 Å². The first-order valence-corrected chi connectivity index (χ1v) is 7.37. The fourth-order valence-electron chi connectivity index (χ4n) is 2.52. The van der Waals surface area contributed by atoms with E-state index in [0.29, 0.717) is 12.4 Å². The number of carbonyl (C=O) groups is 1. The fraction of sp³-hybridized carbons (Fsp3) is 0.467. The van der Waals surface area contributed by atoms with Crippen LogP contribution in [-0.2, 0) is 22.6 Å². The number of hydrogen-bond acceptors (Lipinski definition) is 6. The Morgan fingerprint density at radius 3 is 2.64 bits per heavy atom. The minimum absolute atomic E-state index is 0.0255. The van der Waals surface area contributed by atoms with Gasteiger partial charge in [0.2, 0.25) is 5.82 Å². The van der Waals surface area contributed by atoms with Crippen molar-refractivity contribution < 1.29 is 9.53 Å². The van der Waals surface area contributed by atoms with Gasteiger partial charge in [-0.05, 0) is 17.7 Å². The van der Waals surface area contributed by atoms with Crippen LogP contribution in [-0.4, -0.2) is 51.3 Å². The van der Waals surface area contributed by atoms with Crippen molar-refractivity contribution in [1.29, 1.82) is 0 Å². The van der Waals surface area contributed by atoms with Crippen molar-refractivity contribution in [2.75, 3.05) is 20.2 Å². The van der Waals surface area contributed by atoms with Gasteiger partial charge in [-0.15, -0.1) is 10.2 Å². The van der Waals surface area contributed by atoms with Gasteiger partial charge >= 0.3 is 5.97 Å². The summed E-state index contributed by atoms with van der Waals surface area (Å²) in [7, 11) is 1.44. The van der Waals surface area contributed by atoms with E-state index in [2.05, 4.69) is 32.4 Å². The van der Waals surface area contributed by atoms with Crippen LogP contribution >= 0.6 is 0 Å². The average Bonchev–Trinajstić information content (AvgIpc) is 2.99. The average molecular weight is 301 g/mol. The van der Waals surface area contributed by atoms with Crippen LogP contribution < -0.4 is 0 Å². The molecule has 2 heterocycles. The van der Waals surface area contributed by atoms with Gasteiger partial charge in [-0.25, -0.2) is 0 Å². The fourth-order valence-corrected chi connectivity index (χ4v) is 2.52. The van der Waals surface area contributed by atoms with Crippen LogP contribution in [0, 0.1) is 5.92 Å². The van der Waals surface area contributed by atoms with E-state index < -0.39 is 0 Å². The molecule has 0 unspecified atom stereocenters. The molecule has 3 rings (SSSR count). The predicted molar refractivity (Wildman–Crippen MR) is 79.7 cm³/mol. The Morgan fingerprint density at radius 2 is 2.05 bits per heavy atom. The summed E-state index contributed by atoms with van der Waals surface area (Å²) in [6, 6.07) is 8.13. The molecule has 1 saturated heterocycles. The lowest BCUT2D eigenvalue weighted by molar-refractivity contribution is -0.151. The zero-order chi connectivity index (χ0) is 15.5. The SMILES string of the molecule is CCn1nnc(-c2ccc(CN3CC(C(=O)OC)C3)cc2)n1. The van der Waals surface area contributed by atoms with E-state index in [9.17, 15) is 4.79 Å². The van der Waals surface area contributed by atoms with Crippen LogP contribution in [0.25, 0.3) is 11.4 Å². The maximum absolute atomic E-state index is 11.3. The summed E-state index contributed by atoms with van der Waals surface area (Å²) in [5.41, 5.74) is 2.16. The summed E-state index contributed by atoms with van der Waals surface area (Å²) in [5.74, 6) is 0.553. The Hall–Kier alpha value is -2.28. The number of esters is 1. The molecule has 0 aliphatic carbocycles. The molecule has 7 nitrogen and oxygen atoms in total. The molecule has 2 aromatic rings. The lowest BCUT2D eigenvalue weighted by atomic mass is 9.99. The highest BCUT2D eigenvalue weighted by atomic mass is 16.5. The van der Waals surface area contributed by atoms with E-state index in [1.807, 2.05) is 19.1 Å². The lowest BCUT2D eigenvalue weighted by Crippen LogP contribution is -2.49. The summed E-state index contributed by atoms with van der Waals surface area (Å²) in [5, 5.41) is 12.3. The van der Waals surface area contributed by atoms with Crippen LogP contribution in [0.5, 0.6) is 0 Å². The van der Waals surface area contributed by atoms with Crippen molar-refractivity contribution in [2.45, 2.75) is 20.0 Å². The molecular weight excluding hydrogens is 282 g/mol. The quantitative estimate of drug-likeness (QED) is 0.766. The third-order valence-corrected chi connectivity index (χ3v) is 3.85. The minimum Gasteiger partial charge on any atom is -0.469 e. The summed E-state index contributed by atoms with van der Waals surface area (Å²) in [4.78, 5) is 15.1. The second-order valence-electron chi connectivity index (χ2n) is 5.41. The highest BCUT2D eigenvalue weighted by Crippen LogP contribution is 2.21. The summed E-state index contributed by atoms with van der Waals surface area (Å²) in [6.07, 6.45) is 0. The monoisotopic (exact) mass is 301 g/mol. The molecule has 0 spiro atoms. The van der Waals surface area contributed by atoms with Gasteiger partial charge in [-0.3, -0.25) is 9.69 Å². The van der Waals surface area contributed by atoms with Crippen LogP contribution in [0.15, 0.2) is 24.3 Å². The summed E-state index contributed by atoms with van der Waals surface area (Å²) < 4.78 is 4.74. The zero-order valence-corrected chi connectivity index (χ0v) is 12.8. The molecule has 0 saturated carbocycles. The van der Waals surface area contributed by atoms with Gasteiger partial charge in [0.15, 0.2) is 0 Å². The van der Waals surface area contributed by atoms with Crippen molar-refractivity contribution in [3.8, 4) is 11.4 Å². The van der Waals surface area contributed by atoms with Crippen LogP contribution in [0.1, 0.15) is 12.5 Å². The second kappa shape index (κ2) is 6.23. The Bertz CT molecular complexity index is 646. The van der Waals surface area contributed by atoms with Gasteiger partial charge < -0.3 is 4.74 Å². The van der Waals surface area contributed by atoms with E-state index >= 15 is 0 Å². The first-order valence-electron chi connectivity index (χ1n) is 7.37. The highest BCUT2D eigenvalue weighted by Gasteiger charge is 2.33. The lowest BCUT2D eigenvalue weighted by Gasteiger charge is -2.37. The molecule has 0 atom stereocenters. The van der Waals surface area contributed by atoms with Gasteiger partial charge in [0.1, 0.15) is 0 Å². The molecule has 1 aromatic carbocycles. The maximum atomic E-state index is 11.3. The van der Waals surface area contributed by atoms with Gasteiger partial charge in [-0.2, -0.15) is 4.80 Å². The van der Waals surface area contributed by atoms with E-state index in [-0.39, 0.29) is 11.9 Å². The Balaban J connectivity index is 1.57. The maximum Gasteiger partial charge on any atom is 0.311 e. The number of aromatic nitrogens is 4. The van der Waals surface area contributed by atoms with Crippen LogP contribution in [0.2, 0.25) is 0 Å². The van der Waals surface area contributed by atoms with Crippen molar-refractivity contribution >= 4 is 5.97 Å². The number of ether oxygens (including phenoxy) is 1. The summed E-state index contributed by atoms with van der Waals surface area (Å²) >= 11 is 0. The van der Waals surface area contributed by atoms with Crippen molar-refractivity contribution in [3.63, 3.8) is 0 Å². The number of hydrogen-bond donors (Lipinski definition) is 0. The third-order valence-electron chi connectivity index (χ3n) is 3.85. The highest BCUT2D eigenvalue weighted by molar-refractivity contribution is 5.73. The molecule has 0 amide bonds. The molecule has 1 fully saturated rings.